The molecule has 1 aliphatic carbocycles. The summed E-state index contributed by atoms with van der Waals surface area (Å²) in [7, 11) is 0. The van der Waals surface area contributed by atoms with E-state index in [4.69, 9.17) is 0 Å². The van der Waals surface area contributed by atoms with Crippen LogP contribution < -0.4 is 5.32 Å². The van der Waals surface area contributed by atoms with E-state index in [1.54, 1.807) is 0 Å². The molecule has 1 aromatic carbocycles. The fraction of sp³-hybridized carbons (Fsp3) is 0.684. The lowest BCUT2D eigenvalue weighted by molar-refractivity contribution is 0.146. The summed E-state index contributed by atoms with van der Waals surface area (Å²) in [6.07, 6.45) is 3.78. The molecule has 1 aliphatic rings. The minimum absolute atomic E-state index is 0.500. The van der Waals surface area contributed by atoms with Crippen LogP contribution >= 0.6 is 0 Å². The molecule has 2 nitrogen and oxygen atoms in total. The van der Waals surface area contributed by atoms with Gasteiger partial charge in [-0.25, -0.2) is 0 Å². The molecular weight excluding hydrogens is 256 g/mol. The number of nitrogens with one attached hydrogen (secondary N) is 1. The second-order valence-electron chi connectivity index (χ2n) is 6.28. The topological polar surface area (TPSA) is 15.3 Å². The number of fused-ring (bicyclic) bond motifs is 1. The van der Waals surface area contributed by atoms with E-state index in [9.17, 15) is 0 Å². The Bertz CT molecular complexity index is 425. The first-order valence-corrected chi connectivity index (χ1v) is 8.80. The van der Waals surface area contributed by atoms with Gasteiger partial charge in [-0.2, -0.15) is 0 Å². The summed E-state index contributed by atoms with van der Waals surface area (Å²) in [6.45, 7) is 12.6. The molecule has 0 fully saturated rings. The average molecular weight is 288 g/mol. The number of likely N-dealkylation sites (N-methyl/N-ethyl adjacent to an activating group) is 2. The molecule has 0 saturated heterocycles. The van der Waals surface area contributed by atoms with Crippen molar-refractivity contribution in [3.05, 3.63) is 35.4 Å². The van der Waals surface area contributed by atoms with Crippen molar-refractivity contribution in [2.75, 3.05) is 19.6 Å². The highest BCUT2D eigenvalue weighted by atomic mass is 15.2. The van der Waals surface area contributed by atoms with Gasteiger partial charge in [0.1, 0.15) is 0 Å². The molecule has 2 rings (SSSR count). The number of rotatable bonds is 8. The first-order chi connectivity index (χ1) is 10.2. The number of benzene rings is 1. The van der Waals surface area contributed by atoms with E-state index in [2.05, 4.69) is 62.2 Å². The molecule has 0 bridgehead atoms. The number of hydrogen-bond donors (Lipinski definition) is 1. The quantitative estimate of drug-likeness (QED) is 0.777. The molecular formula is C19H32N2. The molecule has 1 aromatic rings. The largest absolute Gasteiger partial charge is 0.309 e. The van der Waals surface area contributed by atoms with Crippen LogP contribution in [0.15, 0.2) is 24.3 Å². The second kappa shape index (κ2) is 7.95. The zero-order valence-electron chi connectivity index (χ0n) is 14.2. The minimum atomic E-state index is 0.500. The van der Waals surface area contributed by atoms with Gasteiger partial charge in [0.15, 0.2) is 0 Å². The van der Waals surface area contributed by atoms with Crippen molar-refractivity contribution in [1.29, 1.82) is 0 Å². The minimum Gasteiger partial charge on any atom is -0.309 e. The van der Waals surface area contributed by atoms with Gasteiger partial charge in [0.2, 0.25) is 0 Å². The summed E-state index contributed by atoms with van der Waals surface area (Å²) >= 11 is 0. The molecule has 0 aliphatic heterocycles. The van der Waals surface area contributed by atoms with Crippen LogP contribution in [0.1, 0.15) is 57.7 Å². The van der Waals surface area contributed by atoms with E-state index in [-0.39, 0.29) is 0 Å². The highest BCUT2D eigenvalue weighted by Gasteiger charge is 2.35. The Morgan fingerprint density at radius 3 is 2.48 bits per heavy atom. The van der Waals surface area contributed by atoms with Crippen molar-refractivity contribution in [2.45, 2.75) is 59.0 Å². The predicted molar refractivity (Wildman–Crippen MR) is 91.7 cm³/mol. The Morgan fingerprint density at radius 2 is 1.86 bits per heavy atom. The van der Waals surface area contributed by atoms with Crippen LogP contribution in [0.5, 0.6) is 0 Å². The third-order valence-electron chi connectivity index (χ3n) is 5.15. The standard InChI is InChI=1S/C19H32N2/c1-5-15(6-2)14-21(8-4)18-13-16-11-9-10-12-17(16)19(18)20-7-3/h9-12,15,18-20H,5-8,13-14H2,1-4H3. The molecule has 0 heterocycles. The van der Waals surface area contributed by atoms with E-state index in [0.717, 1.165) is 19.0 Å². The molecule has 0 amide bonds. The fourth-order valence-electron chi connectivity index (χ4n) is 3.76. The average Bonchev–Trinajstić information content (AvgIpc) is 2.88. The van der Waals surface area contributed by atoms with Gasteiger partial charge in [-0.15, -0.1) is 0 Å². The number of hydrogen-bond acceptors (Lipinski definition) is 2. The Balaban J connectivity index is 2.17. The summed E-state index contributed by atoms with van der Waals surface area (Å²) in [5.74, 6) is 0.830. The van der Waals surface area contributed by atoms with Crippen molar-refractivity contribution in [3.63, 3.8) is 0 Å². The first kappa shape index (κ1) is 16.5. The Morgan fingerprint density at radius 1 is 1.14 bits per heavy atom. The van der Waals surface area contributed by atoms with Crippen molar-refractivity contribution in [2.24, 2.45) is 5.92 Å². The molecule has 118 valence electrons. The van der Waals surface area contributed by atoms with E-state index in [1.165, 1.54) is 36.9 Å². The lowest BCUT2D eigenvalue weighted by atomic mass is 10.00. The van der Waals surface area contributed by atoms with Gasteiger partial charge in [0.05, 0.1) is 0 Å². The maximum Gasteiger partial charge on any atom is 0.0484 e. The Kier molecular flexibility index (Phi) is 6.25. The van der Waals surface area contributed by atoms with Crippen molar-refractivity contribution >= 4 is 0 Å². The van der Waals surface area contributed by atoms with E-state index in [1.807, 2.05) is 0 Å². The smallest absolute Gasteiger partial charge is 0.0484 e. The van der Waals surface area contributed by atoms with Crippen LogP contribution in [0.2, 0.25) is 0 Å². The van der Waals surface area contributed by atoms with E-state index < -0.39 is 0 Å². The van der Waals surface area contributed by atoms with Crippen LogP contribution in [-0.4, -0.2) is 30.6 Å². The highest BCUT2D eigenvalue weighted by molar-refractivity contribution is 5.37. The molecule has 0 saturated carbocycles. The normalized spacial score (nSPS) is 21.2. The second-order valence-corrected chi connectivity index (χ2v) is 6.28. The number of nitrogens with zero attached hydrogens (tertiary/aromatic N) is 1. The molecule has 2 heteroatoms. The maximum atomic E-state index is 3.73. The molecule has 2 unspecified atom stereocenters. The Labute approximate surface area is 130 Å². The van der Waals surface area contributed by atoms with E-state index >= 15 is 0 Å². The van der Waals surface area contributed by atoms with Crippen LogP contribution in [0.25, 0.3) is 0 Å². The monoisotopic (exact) mass is 288 g/mol. The Hall–Kier alpha value is -0.860. The lowest BCUT2D eigenvalue weighted by Gasteiger charge is -2.35. The summed E-state index contributed by atoms with van der Waals surface area (Å²) in [6, 6.07) is 10.1. The van der Waals surface area contributed by atoms with E-state index in [0.29, 0.717) is 12.1 Å². The summed E-state index contributed by atoms with van der Waals surface area (Å²) < 4.78 is 0. The van der Waals surface area contributed by atoms with Crippen LogP contribution in [-0.2, 0) is 6.42 Å². The van der Waals surface area contributed by atoms with Crippen molar-refractivity contribution in [3.8, 4) is 0 Å². The summed E-state index contributed by atoms with van der Waals surface area (Å²) in [5.41, 5.74) is 3.06. The molecule has 2 atom stereocenters. The molecule has 0 aromatic heterocycles. The first-order valence-electron chi connectivity index (χ1n) is 8.80. The van der Waals surface area contributed by atoms with Gasteiger partial charge in [0, 0.05) is 18.6 Å². The van der Waals surface area contributed by atoms with Crippen molar-refractivity contribution in [1.82, 2.24) is 10.2 Å². The molecule has 1 N–H and O–H groups in total. The SMILES string of the molecule is CCNC1c2ccccc2CC1N(CC)CC(CC)CC. The van der Waals surface area contributed by atoms with Gasteiger partial charge >= 0.3 is 0 Å². The lowest BCUT2D eigenvalue weighted by Crippen LogP contribution is -2.45. The highest BCUT2D eigenvalue weighted by Crippen LogP contribution is 2.35. The zero-order chi connectivity index (χ0) is 15.2. The van der Waals surface area contributed by atoms with Crippen LogP contribution in [0.3, 0.4) is 0 Å². The fourth-order valence-corrected chi connectivity index (χ4v) is 3.76. The molecule has 21 heavy (non-hydrogen) atoms. The van der Waals surface area contributed by atoms with Crippen molar-refractivity contribution < 1.29 is 0 Å². The third kappa shape index (κ3) is 3.67. The van der Waals surface area contributed by atoms with Crippen LogP contribution in [0, 0.1) is 5.92 Å². The molecule has 0 radical (unpaired) electrons. The third-order valence-corrected chi connectivity index (χ3v) is 5.15. The van der Waals surface area contributed by atoms with Gasteiger partial charge in [-0.3, -0.25) is 4.90 Å². The van der Waals surface area contributed by atoms with Gasteiger partial charge < -0.3 is 5.32 Å². The maximum absolute atomic E-state index is 3.73. The van der Waals surface area contributed by atoms with Gasteiger partial charge in [-0.1, -0.05) is 64.8 Å². The van der Waals surface area contributed by atoms with Gasteiger partial charge in [-0.05, 0) is 36.6 Å². The van der Waals surface area contributed by atoms with Gasteiger partial charge in [0.25, 0.3) is 0 Å². The molecule has 0 spiro atoms. The predicted octanol–water partition coefficient (Wildman–Crippen LogP) is 4.02. The summed E-state index contributed by atoms with van der Waals surface area (Å²) in [4.78, 5) is 2.71. The zero-order valence-corrected chi connectivity index (χ0v) is 14.2. The summed E-state index contributed by atoms with van der Waals surface area (Å²) in [5, 5.41) is 3.73. The van der Waals surface area contributed by atoms with Crippen LogP contribution in [0.4, 0.5) is 0 Å².